The maximum Gasteiger partial charge on any atom is 0.201 e. The Morgan fingerprint density at radius 2 is 1.72 bits per heavy atom. The number of nitrogens with one attached hydrogen (secondary N) is 1. The van der Waals surface area contributed by atoms with Gasteiger partial charge in [-0.1, -0.05) is 66.2 Å². The van der Waals surface area contributed by atoms with E-state index in [1.807, 2.05) is 73.7 Å². The molecular formula is C30H27ClN2O3. The molecule has 6 heteroatoms. The third-order valence-electron chi connectivity index (χ3n) is 6.70. The minimum Gasteiger partial charge on any atom is -0.494 e. The maximum atomic E-state index is 14.0. The van der Waals surface area contributed by atoms with Gasteiger partial charge in [-0.2, -0.15) is 0 Å². The van der Waals surface area contributed by atoms with E-state index in [2.05, 4.69) is 5.32 Å². The molecule has 0 fully saturated rings. The van der Waals surface area contributed by atoms with Crippen molar-refractivity contribution < 1.29 is 15.0 Å². The van der Waals surface area contributed by atoms with E-state index in [0.29, 0.717) is 22.7 Å². The van der Waals surface area contributed by atoms with Crippen LogP contribution in [0.3, 0.4) is 0 Å². The molecule has 0 saturated heterocycles. The Labute approximate surface area is 215 Å². The van der Waals surface area contributed by atoms with E-state index in [4.69, 9.17) is 11.6 Å². The molecule has 0 bridgehead atoms. The molecule has 1 aliphatic heterocycles. The smallest absolute Gasteiger partial charge is 0.201 e. The van der Waals surface area contributed by atoms with Gasteiger partial charge in [0.2, 0.25) is 5.88 Å². The average Bonchev–Trinajstić information content (AvgIpc) is 2.88. The molecule has 2 atom stereocenters. The van der Waals surface area contributed by atoms with E-state index < -0.39 is 12.1 Å². The molecule has 2 unspecified atom stereocenters. The minimum absolute atomic E-state index is 0.0268. The van der Waals surface area contributed by atoms with Crippen molar-refractivity contribution in [3.8, 4) is 0 Å². The summed E-state index contributed by atoms with van der Waals surface area (Å²) in [5.74, 6) is -0.617. The summed E-state index contributed by atoms with van der Waals surface area (Å²) < 4.78 is 0. The molecule has 182 valence electrons. The molecule has 36 heavy (non-hydrogen) atoms. The van der Waals surface area contributed by atoms with Gasteiger partial charge in [-0.05, 0) is 59.2 Å². The van der Waals surface area contributed by atoms with Crippen molar-refractivity contribution in [2.75, 3.05) is 17.3 Å². The first-order valence-corrected chi connectivity index (χ1v) is 12.2. The number of ketones is 1. The summed E-state index contributed by atoms with van der Waals surface area (Å²) in [6.45, 7) is 1.94. The van der Waals surface area contributed by atoms with Crippen LogP contribution < -0.4 is 10.2 Å². The summed E-state index contributed by atoms with van der Waals surface area (Å²) in [6, 6.07) is 26.1. The van der Waals surface area contributed by atoms with Crippen LogP contribution in [-0.4, -0.2) is 29.1 Å². The molecule has 0 radical (unpaired) electrons. The van der Waals surface area contributed by atoms with Crippen LogP contribution in [0.15, 0.2) is 96.4 Å². The molecule has 0 amide bonds. The van der Waals surface area contributed by atoms with Crippen molar-refractivity contribution in [3.63, 3.8) is 0 Å². The normalized spacial score (nSPS) is 16.1. The van der Waals surface area contributed by atoms with Crippen molar-refractivity contribution in [3.05, 3.63) is 118 Å². The van der Waals surface area contributed by atoms with E-state index in [1.54, 1.807) is 30.1 Å². The quantitative estimate of drug-likeness (QED) is 0.289. The van der Waals surface area contributed by atoms with Crippen LogP contribution in [0.25, 0.3) is 10.8 Å². The fourth-order valence-corrected chi connectivity index (χ4v) is 4.85. The van der Waals surface area contributed by atoms with Gasteiger partial charge >= 0.3 is 0 Å². The number of hydrogen-bond donors (Lipinski definition) is 3. The summed E-state index contributed by atoms with van der Waals surface area (Å²) in [5, 5.41) is 28.4. The number of carbonyl (C=O) groups is 1. The Hall–Kier alpha value is -3.80. The van der Waals surface area contributed by atoms with E-state index >= 15 is 0 Å². The van der Waals surface area contributed by atoms with Gasteiger partial charge in [0.1, 0.15) is 6.10 Å². The number of aliphatic hydroxyl groups is 2. The molecule has 0 aliphatic carbocycles. The van der Waals surface area contributed by atoms with Gasteiger partial charge in [0.25, 0.3) is 0 Å². The van der Waals surface area contributed by atoms with Crippen LogP contribution in [-0.2, 0) is 11.2 Å². The van der Waals surface area contributed by atoms with Crippen molar-refractivity contribution in [1.82, 2.24) is 0 Å². The highest BCUT2D eigenvalue weighted by Gasteiger charge is 2.37. The van der Waals surface area contributed by atoms with Crippen LogP contribution >= 0.6 is 11.6 Å². The minimum atomic E-state index is -1.24. The maximum absolute atomic E-state index is 14.0. The highest BCUT2D eigenvalue weighted by molar-refractivity contribution is 6.30. The lowest BCUT2D eigenvalue weighted by Crippen LogP contribution is -2.38. The number of hydrogen-bond acceptors (Lipinski definition) is 5. The van der Waals surface area contributed by atoms with Crippen molar-refractivity contribution >= 4 is 39.5 Å². The zero-order valence-electron chi connectivity index (χ0n) is 20.1. The summed E-state index contributed by atoms with van der Waals surface area (Å²) in [5.41, 5.74) is 3.90. The number of aliphatic hydroxyl groups excluding tert-OH is 2. The number of fused-ring (bicyclic) bond motifs is 2. The molecule has 1 heterocycles. The van der Waals surface area contributed by atoms with E-state index in [1.165, 1.54) is 0 Å². The van der Waals surface area contributed by atoms with Gasteiger partial charge < -0.3 is 20.4 Å². The molecule has 0 spiro atoms. The fourth-order valence-electron chi connectivity index (χ4n) is 4.73. The predicted molar refractivity (Wildman–Crippen MR) is 146 cm³/mol. The second kappa shape index (κ2) is 9.69. The molecule has 1 aliphatic rings. The van der Waals surface area contributed by atoms with Crippen LogP contribution in [0, 0.1) is 6.92 Å². The third kappa shape index (κ3) is 4.55. The van der Waals surface area contributed by atoms with Gasteiger partial charge in [-0.25, -0.2) is 0 Å². The third-order valence-corrected chi connectivity index (χ3v) is 6.95. The number of Topliss-reactive ketones (excluding diaryl/α,β-unsaturated/α-hetero) is 1. The number of nitrogens with zero attached hydrogens (tertiary/aromatic N) is 1. The van der Waals surface area contributed by atoms with Crippen molar-refractivity contribution in [2.45, 2.75) is 25.5 Å². The van der Waals surface area contributed by atoms with E-state index in [0.717, 1.165) is 27.6 Å². The summed E-state index contributed by atoms with van der Waals surface area (Å²) in [4.78, 5) is 15.5. The Morgan fingerprint density at radius 1 is 1.00 bits per heavy atom. The Balaban J connectivity index is 1.53. The molecule has 5 rings (SSSR count). The number of carbonyl (C=O) groups excluding carboxylic acids is 1. The van der Waals surface area contributed by atoms with Gasteiger partial charge in [0.05, 0.1) is 11.6 Å². The van der Waals surface area contributed by atoms with Gasteiger partial charge in [-0.15, -0.1) is 0 Å². The monoisotopic (exact) mass is 498 g/mol. The standard InChI is InChI=1S/C30H27ClN2O3/c1-18-7-14-24-26(15-18)33(2)30(36)27(28(24)34)29(35)25(16-19-8-11-22(31)12-9-19)32-23-13-10-20-5-3-4-6-21(20)17-23/h3-15,17,25,28,32,34,36H,16H2,1-2H3. The predicted octanol–water partition coefficient (Wildman–Crippen LogP) is 6.35. The zero-order chi connectivity index (χ0) is 25.4. The lowest BCUT2D eigenvalue weighted by atomic mass is 9.88. The molecule has 0 aromatic heterocycles. The Bertz CT molecular complexity index is 1480. The number of halogens is 1. The number of rotatable bonds is 6. The Kier molecular flexibility index (Phi) is 6.44. The molecule has 4 aromatic rings. The van der Waals surface area contributed by atoms with Gasteiger partial charge in [0, 0.05) is 35.4 Å². The largest absolute Gasteiger partial charge is 0.494 e. The topological polar surface area (TPSA) is 72.8 Å². The summed E-state index contributed by atoms with van der Waals surface area (Å²) >= 11 is 6.07. The highest BCUT2D eigenvalue weighted by Crippen LogP contribution is 2.40. The fraction of sp³-hybridized carbons (Fsp3) is 0.167. The van der Waals surface area contributed by atoms with E-state index in [-0.39, 0.29) is 17.2 Å². The van der Waals surface area contributed by atoms with Crippen LogP contribution in [0.5, 0.6) is 0 Å². The number of benzene rings is 4. The first kappa shape index (κ1) is 23.9. The van der Waals surface area contributed by atoms with Gasteiger partial charge in [0.15, 0.2) is 5.78 Å². The highest BCUT2D eigenvalue weighted by atomic mass is 35.5. The molecule has 3 N–H and O–H groups in total. The first-order chi connectivity index (χ1) is 17.3. The van der Waals surface area contributed by atoms with Crippen LogP contribution in [0.4, 0.5) is 11.4 Å². The van der Waals surface area contributed by atoms with Crippen LogP contribution in [0.2, 0.25) is 5.02 Å². The van der Waals surface area contributed by atoms with Crippen molar-refractivity contribution in [2.24, 2.45) is 0 Å². The average molecular weight is 499 g/mol. The van der Waals surface area contributed by atoms with Gasteiger partial charge in [-0.3, -0.25) is 4.79 Å². The second-order valence-corrected chi connectivity index (χ2v) is 9.65. The zero-order valence-corrected chi connectivity index (χ0v) is 20.8. The molecule has 5 nitrogen and oxygen atoms in total. The second-order valence-electron chi connectivity index (χ2n) is 9.21. The summed E-state index contributed by atoms with van der Waals surface area (Å²) in [7, 11) is 1.69. The summed E-state index contributed by atoms with van der Waals surface area (Å²) in [6.07, 6.45) is -0.896. The Morgan fingerprint density at radius 3 is 2.47 bits per heavy atom. The SMILES string of the molecule is Cc1ccc2c(c1)N(C)C(O)=C(C(=O)C(Cc1ccc(Cl)cc1)Nc1ccc3ccccc3c1)C2O. The molecular weight excluding hydrogens is 472 g/mol. The van der Waals surface area contributed by atoms with E-state index in [9.17, 15) is 15.0 Å². The molecule has 0 saturated carbocycles. The lowest BCUT2D eigenvalue weighted by molar-refractivity contribution is -0.117. The van der Waals surface area contributed by atoms with Crippen molar-refractivity contribution in [1.29, 1.82) is 0 Å². The number of aryl methyl sites for hydroxylation is 1. The van der Waals surface area contributed by atoms with Crippen LogP contribution in [0.1, 0.15) is 22.8 Å². The number of anilines is 2. The lowest BCUT2D eigenvalue weighted by Gasteiger charge is -2.33. The molecule has 4 aromatic carbocycles. The first-order valence-electron chi connectivity index (χ1n) is 11.8.